The second-order valence-electron chi connectivity index (χ2n) is 7.97. The van der Waals surface area contributed by atoms with E-state index >= 15 is 0 Å². The summed E-state index contributed by atoms with van der Waals surface area (Å²) >= 11 is 0. The van der Waals surface area contributed by atoms with Crippen LogP contribution in [0.1, 0.15) is 118 Å². The average Bonchev–Trinajstić information content (AvgIpc) is 2.66. The van der Waals surface area contributed by atoms with Crippen LogP contribution in [-0.2, 0) is 8.85 Å². The summed E-state index contributed by atoms with van der Waals surface area (Å²) in [5.74, 6) is 0. The Morgan fingerprint density at radius 2 is 0.808 bits per heavy atom. The monoisotopic (exact) mass is 402 g/mol. The third-order valence-corrected chi connectivity index (χ3v) is 8.26. The maximum Gasteiger partial charge on any atom is 0.161 e. The van der Waals surface area contributed by atoms with Crippen molar-refractivity contribution in [1.29, 1.82) is 0 Å². The van der Waals surface area contributed by atoms with Gasteiger partial charge in [-0.2, -0.15) is 0 Å². The average molecular weight is 403 g/mol. The van der Waals surface area contributed by atoms with Crippen molar-refractivity contribution in [2.45, 2.75) is 142 Å². The van der Waals surface area contributed by atoms with Crippen molar-refractivity contribution in [3.8, 4) is 0 Å². The molecule has 0 aromatic carbocycles. The molecule has 0 N–H and O–H groups in total. The SMILES string of the molecule is CCCCC(CCCC)O[SiH2]CCCC[SiH2]OC(CCCC)CCCC. The van der Waals surface area contributed by atoms with E-state index in [1.807, 2.05) is 0 Å². The first-order valence-corrected chi connectivity index (χ1v) is 15.2. The first kappa shape index (κ1) is 26.4. The lowest BCUT2D eigenvalue weighted by molar-refractivity contribution is 0.181. The highest BCUT2D eigenvalue weighted by Gasteiger charge is 2.09. The number of hydrogen-bond donors (Lipinski definition) is 0. The third kappa shape index (κ3) is 17.8. The van der Waals surface area contributed by atoms with E-state index in [-0.39, 0.29) is 19.5 Å². The van der Waals surface area contributed by atoms with Crippen LogP contribution >= 0.6 is 0 Å². The Hall–Kier alpha value is 0.354. The zero-order chi connectivity index (χ0) is 19.3. The Bertz CT molecular complexity index is 223. The van der Waals surface area contributed by atoms with Gasteiger partial charge in [0.2, 0.25) is 0 Å². The van der Waals surface area contributed by atoms with Crippen LogP contribution in [0.15, 0.2) is 0 Å². The van der Waals surface area contributed by atoms with Crippen molar-refractivity contribution in [2.75, 3.05) is 0 Å². The van der Waals surface area contributed by atoms with E-state index in [1.54, 1.807) is 0 Å². The minimum absolute atomic E-state index is 0.290. The summed E-state index contributed by atoms with van der Waals surface area (Å²) in [5.41, 5.74) is 0. The molecule has 0 rings (SSSR count). The maximum atomic E-state index is 6.30. The third-order valence-electron chi connectivity index (χ3n) is 5.26. The van der Waals surface area contributed by atoms with E-state index in [9.17, 15) is 0 Å². The fourth-order valence-electron chi connectivity index (χ4n) is 3.41. The van der Waals surface area contributed by atoms with Gasteiger partial charge < -0.3 is 8.85 Å². The van der Waals surface area contributed by atoms with Gasteiger partial charge in [0.25, 0.3) is 0 Å². The first-order valence-electron chi connectivity index (χ1n) is 12.0. The first-order chi connectivity index (χ1) is 12.8. The van der Waals surface area contributed by atoms with Gasteiger partial charge in [0.15, 0.2) is 19.5 Å². The van der Waals surface area contributed by atoms with Crippen molar-refractivity contribution in [3.63, 3.8) is 0 Å². The molecular formula is C22H50O2Si2. The van der Waals surface area contributed by atoms with Crippen molar-refractivity contribution < 1.29 is 8.85 Å². The Morgan fingerprint density at radius 1 is 0.500 bits per heavy atom. The Balaban J connectivity index is 3.64. The van der Waals surface area contributed by atoms with Gasteiger partial charge in [-0.15, -0.1) is 0 Å². The smallest absolute Gasteiger partial charge is 0.161 e. The highest BCUT2D eigenvalue weighted by Crippen LogP contribution is 2.14. The van der Waals surface area contributed by atoms with Crippen LogP contribution in [0.25, 0.3) is 0 Å². The van der Waals surface area contributed by atoms with E-state index in [0.717, 1.165) is 0 Å². The van der Waals surface area contributed by atoms with Crippen LogP contribution in [-0.4, -0.2) is 31.7 Å². The number of unbranched alkanes of at least 4 members (excludes halogenated alkanes) is 5. The molecule has 2 nitrogen and oxygen atoms in total. The summed E-state index contributed by atoms with van der Waals surface area (Å²) in [4.78, 5) is 0. The summed E-state index contributed by atoms with van der Waals surface area (Å²) in [7, 11) is -0.580. The molecule has 26 heavy (non-hydrogen) atoms. The molecule has 0 amide bonds. The highest BCUT2D eigenvalue weighted by atomic mass is 28.2. The normalized spacial score (nSPS) is 12.7. The molecule has 0 saturated heterocycles. The van der Waals surface area contributed by atoms with Gasteiger partial charge in [0.05, 0.1) is 0 Å². The zero-order valence-electron chi connectivity index (χ0n) is 18.7. The standard InChI is InChI=1S/C22H50O2Si2/c1-5-9-15-21(16-10-6-2)23-25-19-13-14-20-26-24-22(17-11-7-3)18-12-8-4/h21-22H,5-20,25-26H2,1-4H3. The van der Waals surface area contributed by atoms with E-state index in [1.165, 1.54) is 102 Å². The summed E-state index contributed by atoms with van der Waals surface area (Å²) < 4.78 is 12.6. The summed E-state index contributed by atoms with van der Waals surface area (Å²) in [5, 5.41) is 0. The van der Waals surface area contributed by atoms with Gasteiger partial charge in [-0.05, 0) is 37.8 Å². The largest absolute Gasteiger partial charge is 0.421 e. The molecule has 0 bridgehead atoms. The molecule has 0 aliphatic rings. The van der Waals surface area contributed by atoms with Crippen molar-refractivity contribution in [3.05, 3.63) is 0 Å². The molecule has 0 unspecified atom stereocenters. The maximum absolute atomic E-state index is 6.30. The van der Waals surface area contributed by atoms with Crippen molar-refractivity contribution in [2.24, 2.45) is 0 Å². The van der Waals surface area contributed by atoms with Crippen LogP contribution in [0.4, 0.5) is 0 Å². The molecule has 0 saturated carbocycles. The highest BCUT2D eigenvalue weighted by molar-refractivity contribution is 6.27. The lowest BCUT2D eigenvalue weighted by Gasteiger charge is -2.18. The fourth-order valence-corrected chi connectivity index (χ4v) is 6.19. The van der Waals surface area contributed by atoms with Crippen LogP contribution in [0.3, 0.4) is 0 Å². The van der Waals surface area contributed by atoms with Crippen LogP contribution < -0.4 is 0 Å². The fraction of sp³-hybridized carbons (Fsp3) is 1.00. The van der Waals surface area contributed by atoms with Gasteiger partial charge in [-0.1, -0.05) is 91.9 Å². The molecule has 0 radical (unpaired) electrons. The van der Waals surface area contributed by atoms with Crippen molar-refractivity contribution in [1.82, 2.24) is 0 Å². The number of hydrogen-bond acceptors (Lipinski definition) is 2. The molecule has 0 fully saturated rings. The molecule has 0 aromatic rings. The Kier molecular flexibility index (Phi) is 21.9. The summed E-state index contributed by atoms with van der Waals surface area (Å²) in [6, 6.07) is 2.75. The molecule has 0 spiro atoms. The molecule has 0 aliphatic heterocycles. The molecule has 158 valence electrons. The minimum Gasteiger partial charge on any atom is -0.421 e. The van der Waals surface area contributed by atoms with Crippen LogP contribution in [0, 0.1) is 0 Å². The summed E-state index contributed by atoms with van der Waals surface area (Å²) in [6.45, 7) is 9.15. The molecule has 0 aromatic heterocycles. The summed E-state index contributed by atoms with van der Waals surface area (Å²) in [6.07, 6.45) is 19.6. The number of rotatable bonds is 21. The molecule has 0 aliphatic carbocycles. The van der Waals surface area contributed by atoms with E-state index in [2.05, 4.69) is 27.7 Å². The van der Waals surface area contributed by atoms with Crippen LogP contribution in [0.2, 0.25) is 12.1 Å². The van der Waals surface area contributed by atoms with Crippen LogP contribution in [0.5, 0.6) is 0 Å². The van der Waals surface area contributed by atoms with Gasteiger partial charge in [-0.25, -0.2) is 0 Å². The van der Waals surface area contributed by atoms with Gasteiger partial charge >= 0.3 is 0 Å². The van der Waals surface area contributed by atoms with E-state index in [0.29, 0.717) is 12.2 Å². The van der Waals surface area contributed by atoms with Gasteiger partial charge in [-0.3, -0.25) is 0 Å². The van der Waals surface area contributed by atoms with Gasteiger partial charge in [0.1, 0.15) is 0 Å². The lowest BCUT2D eigenvalue weighted by atomic mass is 10.1. The van der Waals surface area contributed by atoms with E-state index in [4.69, 9.17) is 8.85 Å². The van der Waals surface area contributed by atoms with Gasteiger partial charge in [0, 0.05) is 12.2 Å². The lowest BCUT2D eigenvalue weighted by Crippen LogP contribution is -2.16. The second kappa shape index (κ2) is 21.7. The quantitative estimate of drug-likeness (QED) is 0.166. The minimum atomic E-state index is -0.290. The second-order valence-corrected chi connectivity index (χ2v) is 10.9. The topological polar surface area (TPSA) is 18.5 Å². The zero-order valence-corrected chi connectivity index (χ0v) is 21.5. The molecule has 0 heterocycles. The Labute approximate surface area is 170 Å². The predicted molar refractivity (Wildman–Crippen MR) is 124 cm³/mol. The predicted octanol–water partition coefficient (Wildman–Crippen LogP) is 6.30. The van der Waals surface area contributed by atoms with Crippen molar-refractivity contribution >= 4 is 19.5 Å². The molecule has 4 heteroatoms. The molecule has 0 atom stereocenters. The Morgan fingerprint density at radius 3 is 1.08 bits per heavy atom. The molecular weight excluding hydrogens is 352 g/mol. The van der Waals surface area contributed by atoms with E-state index < -0.39 is 0 Å².